The van der Waals surface area contributed by atoms with Crippen LogP contribution in [-0.2, 0) is 19.2 Å². The van der Waals surface area contributed by atoms with E-state index in [0.717, 1.165) is 47.6 Å². The second-order valence-electron chi connectivity index (χ2n) is 12.3. The standard InChI is InChI=1S/C44H38O8/c1-2-3-6-9-42(46)50-39-24-16-33(17-25-39)35-20-28-41(29-21-35)52-44(48)37-12-10-36(11-13-37)43(47)51-40-26-18-34(19-27-40)32-14-22-38(23-15-32)49-31-8-5-4-7-30-45/h7,14-29,36-37H,2-3,6,9-13H2,1H3. The average Bonchev–Trinajstić information content (AvgIpc) is 3.17. The molecule has 0 N–H and O–H groups in total. The molecule has 0 amide bonds. The molecule has 0 heterocycles. The maximum absolute atomic E-state index is 12.9. The van der Waals surface area contributed by atoms with Crippen molar-refractivity contribution in [3.05, 3.63) is 103 Å². The lowest BCUT2D eigenvalue weighted by molar-refractivity contribution is -0.145. The summed E-state index contributed by atoms with van der Waals surface area (Å²) in [6, 6.07) is 29.2. The van der Waals surface area contributed by atoms with Gasteiger partial charge in [-0.3, -0.25) is 14.4 Å². The molecule has 52 heavy (non-hydrogen) atoms. The molecule has 5 rings (SSSR count). The first-order valence-corrected chi connectivity index (χ1v) is 17.3. The molecule has 0 aromatic heterocycles. The molecule has 0 spiro atoms. The Bertz CT molecular complexity index is 1990. The minimum Gasteiger partial charge on any atom is -0.427 e. The zero-order valence-electron chi connectivity index (χ0n) is 28.9. The molecule has 4 aromatic carbocycles. The van der Waals surface area contributed by atoms with Gasteiger partial charge >= 0.3 is 17.9 Å². The van der Waals surface area contributed by atoms with Crippen molar-refractivity contribution in [3.8, 4) is 69.1 Å². The molecule has 8 nitrogen and oxygen atoms in total. The van der Waals surface area contributed by atoms with Crippen molar-refractivity contribution in [1.82, 2.24) is 0 Å². The number of carbonyl (C=O) groups excluding carboxylic acids is 4. The molecule has 0 atom stereocenters. The number of hydrogen-bond acceptors (Lipinski definition) is 8. The van der Waals surface area contributed by atoms with E-state index in [4.69, 9.17) is 18.9 Å². The van der Waals surface area contributed by atoms with Gasteiger partial charge in [-0.15, -0.1) is 0 Å². The highest BCUT2D eigenvalue weighted by molar-refractivity contribution is 5.78. The van der Waals surface area contributed by atoms with Crippen molar-refractivity contribution in [3.63, 3.8) is 0 Å². The van der Waals surface area contributed by atoms with E-state index in [1.165, 1.54) is 0 Å². The van der Waals surface area contributed by atoms with Gasteiger partial charge in [0, 0.05) is 12.3 Å². The molecule has 0 bridgehead atoms. The highest BCUT2D eigenvalue weighted by Gasteiger charge is 2.32. The van der Waals surface area contributed by atoms with Crippen molar-refractivity contribution in [2.75, 3.05) is 0 Å². The predicted molar refractivity (Wildman–Crippen MR) is 197 cm³/mol. The van der Waals surface area contributed by atoms with Crippen LogP contribution in [0.2, 0.25) is 0 Å². The van der Waals surface area contributed by atoms with E-state index in [-0.39, 0.29) is 29.7 Å². The fraction of sp³-hybridized carbons (Fsp3) is 0.250. The smallest absolute Gasteiger partial charge is 0.314 e. The fourth-order valence-corrected chi connectivity index (χ4v) is 5.74. The van der Waals surface area contributed by atoms with E-state index in [1.807, 2.05) is 48.5 Å². The first kappa shape index (κ1) is 36.9. The number of carbonyl (C=O) groups is 3. The Morgan fingerprint density at radius 2 is 1.02 bits per heavy atom. The third kappa shape index (κ3) is 11.1. The number of unbranched alkanes of at least 4 members (excludes halogenated alkanes) is 2. The van der Waals surface area contributed by atoms with Gasteiger partial charge in [0.15, 0.2) is 0 Å². The van der Waals surface area contributed by atoms with E-state index in [9.17, 15) is 19.2 Å². The zero-order valence-corrected chi connectivity index (χ0v) is 28.9. The lowest BCUT2D eigenvalue weighted by Gasteiger charge is -2.25. The third-order valence-electron chi connectivity index (χ3n) is 8.62. The van der Waals surface area contributed by atoms with Gasteiger partial charge < -0.3 is 18.9 Å². The van der Waals surface area contributed by atoms with Gasteiger partial charge in [-0.2, -0.15) is 0 Å². The molecule has 0 aliphatic heterocycles. The zero-order chi connectivity index (χ0) is 36.5. The van der Waals surface area contributed by atoms with Gasteiger partial charge in [-0.05, 0) is 115 Å². The number of hydrogen-bond donors (Lipinski definition) is 0. The predicted octanol–water partition coefficient (Wildman–Crippen LogP) is 8.55. The Balaban J connectivity index is 1.04. The average molecular weight is 695 g/mol. The van der Waals surface area contributed by atoms with Crippen LogP contribution in [0.1, 0.15) is 58.3 Å². The number of esters is 3. The van der Waals surface area contributed by atoms with Crippen LogP contribution in [0.25, 0.3) is 22.3 Å². The summed E-state index contributed by atoms with van der Waals surface area (Å²) >= 11 is 0. The van der Waals surface area contributed by atoms with Crippen molar-refractivity contribution in [1.29, 1.82) is 0 Å². The van der Waals surface area contributed by atoms with Gasteiger partial charge in [0.1, 0.15) is 35.0 Å². The second-order valence-corrected chi connectivity index (χ2v) is 12.3. The molecule has 0 radical (unpaired) electrons. The van der Waals surface area contributed by atoms with Crippen molar-refractivity contribution in [2.24, 2.45) is 11.8 Å². The maximum atomic E-state index is 12.9. The quantitative estimate of drug-likeness (QED) is 0.0478. The lowest BCUT2D eigenvalue weighted by atomic mass is 9.82. The monoisotopic (exact) mass is 694 g/mol. The largest absolute Gasteiger partial charge is 0.427 e. The molecular weight excluding hydrogens is 656 g/mol. The Morgan fingerprint density at radius 1 is 0.596 bits per heavy atom. The van der Waals surface area contributed by atoms with Crippen LogP contribution in [0.15, 0.2) is 103 Å². The number of allylic oxidation sites excluding steroid dienone is 1. The Hall–Kier alpha value is -6.34. The van der Waals surface area contributed by atoms with Crippen LogP contribution in [-0.4, -0.2) is 23.8 Å². The van der Waals surface area contributed by atoms with Gasteiger partial charge in [0.25, 0.3) is 0 Å². The number of rotatable bonds is 12. The highest BCUT2D eigenvalue weighted by Crippen LogP contribution is 2.33. The van der Waals surface area contributed by atoms with Gasteiger partial charge in [0.2, 0.25) is 0 Å². The fourth-order valence-electron chi connectivity index (χ4n) is 5.74. The van der Waals surface area contributed by atoms with E-state index < -0.39 is 0 Å². The summed E-state index contributed by atoms with van der Waals surface area (Å²) in [5.41, 5.74) is 3.76. The summed E-state index contributed by atoms with van der Waals surface area (Å²) in [5, 5.41) is 0. The maximum Gasteiger partial charge on any atom is 0.314 e. The molecule has 1 aliphatic rings. The Labute approximate surface area is 303 Å². The van der Waals surface area contributed by atoms with E-state index >= 15 is 0 Å². The van der Waals surface area contributed by atoms with Gasteiger partial charge in [-0.1, -0.05) is 68.3 Å². The van der Waals surface area contributed by atoms with E-state index in [0.29, 0.717) is 55.1 Å². The molecular formula is C44H38O8. The molecule has 1 fully saturated rings. The van der Waals surface area contributed by atoms with Crippen LogP contribution in [0.4, 0.5) is 0 Å². The minimum absolute atomic E-state index is 0.224. The minimum atomic E-state index is -0.303. The molecule has 0 unspecified atom stereocenters. The number of benzene rings is 4. The summed E-state index contributed by atoms with van der Waals surface area (Å²) in [7, 11) is 0. The Kier molecular flexibility index (Phi) is 13.6. The second kappa shape index (κ2) is 19.2. The van der Waals surface area contributed by atoms with E-state index in [1.54, 1.807) is 54.5 Å². The van der Waals surface area contributed by atoms with Gasteiger partial charge in [-0.25, -0.2) is 4.79 Å². The van der Waals surface area contributed by atoms with E-state index in [2.05, 4.69) is 30.8 Å². The summed E-state index contributed by atoms with van der Waals surface area (Å²) in [5.74, 6) is 9.44. The van der Waals surface area contributed by atoms with Crippen LogP contribution < -0.4 is 18.9 Å². The first-order valence-electron chi connectivity index (χ1n) is 17.3. The SMILES string of the molecule is CCCCCC(=O)Oc1ccc(-c2ccc(OC(=O)C3CCC(C(=O)Oc4ccc(-c5ccc(OC#CC#CC=C=O)cc5)cc4)CC3)cc2)cc1. The molecule has 4 aromatic rings. The van der Waals surface area contributed by atoms with Gasteiger partial charge in [0.05, 0.1) is 17.9 Å². The molecule has 1 aliphatic carbocycles. The van der Waals surface area contributed by atoms with Crippen LogP contribution in [0.5, 0.6) is 23.0 Å². The van der Waals surface area contributed by atoms with Crippen LogP contribution in [0.3, 0.4) is 0 Å². The molecule has 0 saturated heterocycles. The first-order chi connectivity index (χ1) is 25.4. The van der Waals surface area contributed by atoms with Crippen LogP contribution in [0, 0.1) is 35.7 Å². The number of ether oxygens (including phenoxy) is 4. The summed E-state index contributed by atoms with van der Waals surface area (Å²) in [6.45, 7) is 2.09. The summed E-state index contributed by atoms with van der Waals surface area (Å²) in [4.78, 5) is 48.0. The molecule has 262 valence electrons. The molecule has 1 saturated carbocycles. The third-order valence-corrected chi connectivity index (χ3v) is 8.62. The van der Waals surface area contributed by atoms with Crippen molar-refractivity contribution < 1.29 is 38.1 Å². The van der Waals surface area contributed by atoms with Crippen molar-refractivity contribution >= 4 is 23.8 Å². The summed E-state index contributed by atoms with van der Waals surface area (Å²) in [6.07, 6.45) is 8.95. The lowest BCUT2D eigenvalue weighted by Crippen LogP contribution is -2.30. The molecule has 8 heteroatoms. The Morgan fingerprint density at radius 3 is 1.44 bits per heavy atom. The topological polar surface area (TPSA) is 105 Å². The van der Waals surface area contributed by atoms with Crippen molar-refractivity contribution in [2.45, 2.75) is 58.3 Å². The summed E-state index contributed by atoms with van der Waals surface area (Å²) < 4.78 is 22.1. The normalized spacial score (nSPS) is 14.6. The highest BCUT2D eigenvalue weighted by atomic mass is 16.5. The van der Waals surface area contributed by atoms with Crippen LogP contribution >= 0.6 is 0 Å².